The van der Waals surface area contributed by atoms with Gasteiger partial charge in [0, 0.05) is 0 Å². The van der Waals surface area contributed by atoms with E-state index in [9.17, 15) is 4.79 Å². The molecule has 7 nitrogen and oxygen atoms in total. The van der Waals surface area contributed by atoms with Gasteiger partial charge in [0.25, 0.3) is 0 Å². The summed E-state index contributed by atoms with van der Waals surface area (Å²) in [6.07, 6.45) is 0. The molecule has 0 spiro atoms. The average Bonchev–Trinajstić information content (AvgIpc) is 2.01. The Hall–Kier alpha value is -1.63. The Bertz CT molecular complexity index is 336. The highest BCUT2D eigenvalue weighted by molar-refractivity contribution is 6.28. The van der Waals surface area contributed by atoms with Crippen molar-refractivity contribution in [2.45, 2.75) is 13.0 Å². The van der Waals surface area contributed by atoms with Gasteiger partial charge in [-0.2, -0.15) is 15.0 Å². The first-order chi connectivity index (χ1) is 6.49. The molecule has 0 fully saturated rings. The second kappa shape index (κ2) is 4.05. The summed E-state index contributed by atoms with van der Waals surface area (Å²) in [5.41, 5.74) is 10.3. The third-order valence-corrected chi connectivity index (χ3v) is 1.57. The Labute approximate surface area is 84.9 Å². The normalized spacial score (nSPS) is 12.1. The summed E-state index contributed by atoms with van der Waals surface area (Å²) in [4.78, 5) is 21.7. The zero-order valence-electron chi connectivity index (χ0n) is 7.36. The molecule has 0 saturated carbocycles. The number of nitrogens with zero attached hydrogens (tertiary/aromatic N) is 3. The quantitative estimate of drug-likeness (QED) is 0.620. The molecule has 1 heterocycles. The average molecular weight is 217 g/mol. The van der Waals surface area contributed by atoms with Crippen LogP contribution in [0.4, 0.5) is 11.9 Å². The SMILES string of the molecule is CC(Nc1nc(N)nc(Cl)n1)C(N)=O. The van der Waals surface area contributed by atoms with Crippen LogP contribution < -0.4 is 16.8 Å². The number of amides is 1. The van der Waals surface area contributed by atoms with E-state index in [0.29, 0.717) is 0 Å². The lowest BCUT2D eigenvalue weighted by Gasteiger charge is -2.09. The zero-order valence-corrected chi connectivity index (χ0v) is 8.12. The molecule has 0 aromatic carbocycles. The van der Waals surface area contributed by atoms with Gasteiger partial charge in [-0.05, 0) is 18.5 Å². The van der Waals surface area contributed by atoms with Gasteiger partial charge in [-0.15, -0.1) is 0 Å². The van der Waals surface area contributed by atoms with Gasteiger partial charge >= 0.3 is 0 Å². The maximum Gasteiger partial charge on any atom is 0.239 e. The molecular weight excluding hydrogens is 208 g/mol. The summed E-state index contributed by atoms with van der Waals surface area (Å²) in [5, 5.41) is 2.58. The standard InChI is InChI=1S/C6H9ClN6O/c1-2(3(8)14)10-6-12-4(7)11-5(9)13-6/h2H,1H3,(H2,8,14)(H3,9,10,11,12,13). The van der Waals surface area contributed by atoms with Crippen LogP contribution in [-0.4, -0.2) is 26.9 Å². The number of primary amides is 1. The van der Waals surface area contributed by atoms with Crippen molar-refractivity contribution in [1.82, 2.24) is 15.0 Å². The van der Waals surface area contributed by atoms with E-state index in [0.717, 1.165) is 0 Å². The number of nitrogens with two attached hydrogens (primary N) is 2. The first kappa shape index (κ1) is 10.5. The molecule has 14 heavy (non-hydrogen) atoms. The predicted octanol–water partition coefficient (Wildman–Crippen LogP) is -0.607. The van der Waals surface area contributed by atoms with Crippen molar-refractivity contribution in [3.63, 3.8) is 0 Å². The second-order valence-electron chi connectivity index (χ2n) is 2.55. The van der Waals surface area contributed by atoms with E-state index in [1.54, 1.807) is 6.92 Å². The summed E-state index contributed by atoms with van der Waals surface area (Å²) >= 11 is 5.51. The largest absolute Gasteiger partial charge is 0.368 e. The van der Waals surface area contributed by atoms with Crippen molar-refractivity contribution in [3.05, 3.63) is 5.28 Å². The van der Waals surface area contributed by atoms with Gasteiger partial charge in [0.15, 0.2) is 0 Å². The third-order valence-electron chi connectivity index (χ3n) is 1.40. The van der Waals surface area contributed by atoms with Crippen molar-refractivity contribution < 1.29 is 4.79 Å². The summed E-state index contributed by atoms with van der Waals surface area (Å²) < 4.78 is 0. The lowest BCUT2D eigenvalue weighted by molar-refractivity contribution is -0.118. The molecule has 1 rings (SSSR count). The zero-order chi connectivity index (χ0) is 10.7. The number of hydrogen-bond acceptors (Lipinski definition) is 6. The monoisotopic (exact) mass is 216 g/mol. The number of anilines is 2. The molecule has 5 N–H and O–H groups in total. The first-order valence-corrected chi connectivity index (χ1v) is 4.09. The van der Waals surface area contributed by atoms with Crippen molar-refractivity contribution in [2.75, 3.05) is 11.1 Å². The number of nitrogens with one attached hydrogen (secondary N) is 1. The Morgan fingerprint density at radius 3 is 2.64 bits per heavy atom. The van der Waals surface area contributed by atoms with Crippen molar-refractivity contribution in [3.8, 4) is 0 Å². The van der Waals surface area contributed by atoms with Gasteiger partial charge in [0.05, 0.1) is 0 Å². The minimum Gasteiger partial charge on any atom is -0.368 e. The maximum absolute atomic E-state index is 10.7. The number of carbonyl (C=O) groups is 1. The minimum absolute atomic E-state index is 0.0239. The Morgan fingerprint density at radius 1 is 1.50 bits per heavy atom. The van der Waals surface area contributed by atoms with Crippen LogP contribution in [0.2, 0.25) is 5.28 Å². The van der Waals surface area contributed by atoms with Crippen LogP contribution in [0.3, 0.4) is 0 Å². The maximum atomic E-state index is 10.7. The van der Waals surface area contributed by atoms with E-state index >= 15 is 0 Å². The number of halogens is 1. The highest BCUT2D eigenvalue weighted by Gasteiger charge is 2.10. The van der Waals surface area contributed by atoms with E-state index in [2.05, 4.69) is 20.3 Å². The third kappa shape index (κ3) is 2.70. The summed E-state index contributed by atoms with van der Waals surface area (Å²) in [5.74, 6) is -0.432. The molecule has 1 aromatic rings. The molecule has 0 bridgehead atoms. The minimum atomic E-state index is -0.604. The van der Waals surface area contributed by atoms with Gasteiger partial charge < -0.3 is 16.8 Å². The fourth-order valence-corrected chi connectivity index (χ4v) is 0.861. The van der Waals surface area contributed by atoms with E-state index in [4.69, 9.17) is 23.1 Å². The van der Waals surface area contributed by atoms with Crippen molar-refractivity contribution in [1.29, 1.82) is 0 Å². The van der Waals surface area contributed by atoms with Gasteiger partial charge in [-0.1, -0.05) is 0 Å². The van der Waals surface area contributed by atoms with E-state index in [1.807, 2.05) is 0 Å². The molecule has 0 aliphatic carbocycles. The van der Waals surface area contributed by atoms with Gasteiger partial charge in [-0.25, -0.2) is 0 Å². The van der Waals surface area contributed by atoms with Gasteiger partial charge in [0.1, 0.15) is 6.04 Å². The molecule has 1 atom stereocenters. The predicted molar refractivity (Wildman–Crippen MR) is 51.5 cm³/mol. The van der Waals surface area contributed by atoms with Gasteiger partial charge in [-0.3, -0.25) is 4.79 Å². The van der Waals surface area contributed by atoms with Crippen LogP contribution in [0.15, 0.2) is 0 Å². The molecule has 0 radical (unpaired) electrons. The van der Waals surface area contributed by atoms with E-state index in [-0.39, 0.29) is 17.2 Å². The van der Waals surface area contributed by atoms with Crippen LogP contribution in [0.5, 0.6) is 0 Å². The second-order valence-corrected chi connectivity index (χ2v) is 2.89. The van der Waals surface area contributed by atoms with Crippen LogP contribution in [-0.2, 0) is 4.79 Å². The Morgan fingerprint density at radius 2 is 2.14 bits per heavy atom. The van der Waals surface area contributed by atoms with Crippen LogP contribution in [0.25, 0.3) is 0 Å². The highest BCUT2D eigenvalue weighted by Crippen LogP contribution is 2.07. The lowest BCUT2D eigenvalue weighted by atomic mass is 10.3. The molecule has 0 aliphatic rings. The van der Waals surface area contributed by atoms with Crippen molar-refractivity contribution >= 4 is 29.4 Å². The number of hydrogen-bond donors (Lipinski definition) is 3. The first-order valence-electron chi connectivity index (χ1n) is 3.72. The van der Waals surface area contributed by atoms with Crippen LogP contribution >= 0.6 is 11.6 Å². The van der Waals surface area contributed by atoms with E-state index < -0.39 is 11.9 Å². The Balaban J connectivity index is 2.81. The molecule has 8 heteroatoms. The fraction of sp³-hybridized carbons (Fsp3) is 0.333. The fourth-order valence-electron chi connectivity index (χ4n) is 0.695. The Kier molecular flexibility index (Phi) is 3.03. The number of carbonyl (C=O) groups excluding carboxylic acids is 1. The number of aromatic nitrogens is 3. The van der Waals surface area contributed by atoms with Crippen molar-refractivity contribution in [2.24, 2.45) is 5.73 Å². The smallest absolute Gasteiger partial charge is 0.239 e. The molecule has 0 aliphatic heterocycles. The molecule has 76 valence electrons. The van der Waals surface area contributed by atoms with Gasteiger partial charge in [0.2, 0.25) is 23.1 Å². The summed E-state index contributed by atoms with van der Waals surface area (Å²) in [6, 6.07) is -0.604. The molecule has 1 amide bonds. The molecule has 1 aromatic heterocycles. The van der Waals surface area contributed by atoms with Crippen LogP contribution in [0.1, 0.15) is 6.92 Å². The molecule has 1 unspecified atom stereocenters. The summed E-state index contributed by atoms with van der Waals surface area (Å²) in [7, 11) is 0. The highest BCUT2D eigenvalue weighted by atomic mass is 35.5. The molecule has 0 saturated heterocycles. The van der Waals surface area contributed by atoms with E-state index in [1.165, 1.54) is 0 Å². The van der Waals surface area contributed by atoms with Crippen LogP contribution in [0, 0.1) is 0 Å². The number of nitrogen functional groups attached to an aromatic ring is 1. The number of rotatable bonds is 3. The topological polar surface area (TPSA) is 120 Å². The summed E-state index contributed by atoms with van der Waals surface area (Å²) in [6.45, 7) is 1.57. The molecular formula is C6H9ClN6O. The lowest BCUT2D eigenvalue weighted by Crippen LogP contribution is -2.33.